The van der Waals surface area contributed by atoms with Gasteiger partial charge in [-0.3, -0.25) is 10.1 Å². The van der Waals surface area contributed by atoms with Crippen molar-refractivity contribution in [1.29, 1.82) is 0 Å². The Bertz CT molecular complexity index is 854. The highest BCUT2D eigenvalue weighted by Crippen LogP contribution is 2.35. The Morgan fingerprint density at radius 3 is 2.21 bits per heavy atom. The number of nitro benzene ring substituents is 1. The minimum atomic E-state index is -5.92. The number of nitro groups is 1. The molecule has 0 heterocycles. The highest BCUT2D eigenvalue weighted by atomic mass is 32.2. The molecule has 0 fully saturated rings. The lowest BCUT2D eigenvalue weighted by molar-refractivity contribution is -0.386. The number of alkyl halides is 7. The molecule has 0 aliphatic carbocycles. The summed E-state index contributed by atoms with van der Waals surface area (Å²) in [4.78, 5) is 19.2. The van der Waals surface area contributed by atoms with Gasteiger partial charge < -0.3 is 9.47 Å². The highest BCUT2D eigenvalue weighted by molar-refractivity contribution is 7.92. The van der Waals surface area contributed by atoms with Gasteiger partial charge in [-0.2, -0.15) is 22.0 Å². The molecule has 0 aliphatic heterocycles. The minimum absolute atomic E-state index is 0.00837. The fraction of sp³-hybridized carbons (Fsp3) is 0.417. The third-order valence-electron chi connectivity index (χ3n) is 2.83. The van der Waals surface area contributed by atoms with Crippen LogP contribution in [-0.4, -0.2) is 50.4 Å². The number of sulfone groups is 1. The average Bonchev–Trinajstić information content (AvgIpc) is 2.56. The molecule has 0 N–H and O–H groups in total. The minimum Gasteiger partial charge on any atom is -0.475 e. The maximum atomic E-state index is 12.6. The zero-order valence-electron chi connectivity index (χ0n) is 13.1. The van der Waals surface area contributed by atoms with Crippen LogP contribution in [0.2, 0.25) is 0 Å². The lowest BCUT2D eigenvalue weighted by Gasteiger charge is -2.15. The number of nitrogens with zero attached hydrogens (tertiary/aromatic N) is 1. The van der Waals surface area contributed by atoms with Gasteiger partial charge >= 0.3 is 29.5 Å². The van der Waals surface area contributed by atoms with E-state index in [2.05, 4.69) is 9.47 Å². The number of benzene rings is 1. The molecule has 0 atom stereocenters. The Morgan fingerprint density at radius 1 is 1.18 bits per heavy atom. The number of halogens is 7. The van der Waals surface area contributed by atoms with Crippen LogP contribution in [0.15, 0.2) is 23.1 Å². The number of carbonyl (C=O) groups excluding carboxylic acids is 1. The molecule has 0 radical (unpaired) electrons. The van der Waals surface area contributed by atoms with Gasteiger partial charge in [0.05, 0.1) is 9.82 Å². The Balaban J connectivity index is 2.96. The molecule has 0 unspecified atom stereocenters. The van der Waals surface area contributed by atoms with E-state index < -0.39 is 68.1 Å². The zero-order chi connectivity index (χ0) is 21.9. The summed E-state index contributed by atoms with van der Waals surface area (Å²) in [5.41, 5.74) is -7.04. The predicted molar refractivity (Wildman–Crippen MR) is 73.7 cm³/mol. The van der Waals surface area contributed by atoms with Crippen molar-refractivity contribution in [2.24, 2.45) is 0 Å². The predicted octanol–water partition coefficient (Wildman–Crippen LogP) is 2.71. The summed E-state index contributed by atoms with van der Waals surface area (Å²) in [7, 11) is -5.92. The second-order valence-corrected chi connectivity index (χ2v) is 6.79. The fourth-order valence-corrected chi connectivity index (χ4v) is 2.26. The van der Waals surface area contributed by atoms with Gasteiger partial charge in [-0.15, -0.1) is 0 Å². The van der Waals surface area contributed by atoms with Gasteiger partial charge in [-0.05, 0) is 12.1 Å². The first-order chi connectivity index (χ1) is 12.6. The van der Waals surface area contributed by atoms with Crippen LogP contribution in [0.3, 0.4) is 0 Å². The summed E-state index contributed by atoms with van der Waals surface area (Å²) < 4.78 is 117. The molecule has 0 amide bonds. The number of hydrogen-bond donors (Lipinski definition) is 0. The van der Waals surface area contributed by atoms with E-state index in [1.807, 2.05) is 0 Å². The lowest BCUT2D eigenvalue weighted by Crippen LogP contribution is -2.34. The van der Waals surface area contributed by atoms with Gasteiger partial charge in [0.1, 0.15) is 0 Å². The SMILES string of the molecule is O=C(COc1ccc(S(=O)(=O)C(F)(F)F)cc1[N+](=O)[O-])OCC(F)(F)C(F)F. The molecule has 16 heteroatoms. The van der Waals surface area contributed by atoms with Crippen LogP contribution >= 0.6 is 0 Å². The summed E-state index contributed by atoms with van der Waals surface area (Å²) in [6.07, 6.45) is -4.13. The molecule has 0 bridgehead atoms. The first-order valence-electron chi connectivity index (χ1n) is 6.64. The smallest absolute Gasteiger partial charge is 0.475 e. The first kappa shape index (κ1) is 23.4. The van der Waals surface area contributed by atoms with Crippen LogP contribution < -0.4 is 4.74 Å². The van der Waals surface area contributed by atoms with Crippen molar-refractivity contribution in [3.05, 3.63) is 28.3 Å². The fourth-order valence-electron chi connectivity index (χ4n) is 1.48. The van der Waals surface area contributed by atoms with Crippen LogP contribution in [0.4, 0.5) is 36.4 Å². The molecule has 1 rings (SSSR count). The van der Waals surface area contributed by atoms with Crippen LogP contribution in [0.1, 0.15) is 0 Å². The average molecular weight is 443 g/mol. The van der Waals surface area contributed by atoms with E-state index in [0.29, 0.717) is 12.1 Å². The molecule has 28 heavy (non-hydrogen) atoms. The number of carbonyl (C=O) groups is 1. The lowest BCUT2D eigenvalue weighted by atomic mass is 10.3. The maximum Gasteiger partial charge on any atom is 0.501 e. The maximum absolute atomic E-state index is 12.6. The van der Waals surface area contributed by atoms with E-state index in [-0.39, 0.29) is 6.07 Å². The Labute approximate surface area is 150 Å². The first-order valence-corrected chi connectivity index (χ1v) is 8.12. The summed E-state index contributed by atoms with van der Waals surface area (Å²) in [5.74, 6) is -7.21. The van der Waals surface area contributed by atoms with Crippen molar-refractivity contribution >= 4 is 21.5 Å². The molecule has 0 saturated carbocycles. The van der Waals surface area contributed by atoms with Crippen molar-refractivity contribution in [2.75, 3.05) is 13.2 Å². The van der Waals surface area contributed by atoms with Crippen molar-refractivity contribution in [1.82, 2.24) is 0 Å². The van der Waals surface area contributed by atoms with Crippen LogP contribution in [0, 0.1) is 10.1 Å². The molecule has 0 spiro atoms. The topological polar surface area (TPSA) is 113 Å². The van der Waals surface area contributed by atoms with Crippen molar-refractivity contribution in [2.45, 2.75) is 22.8 Å². The molecule has 0 aromatic heterocycles. The number of ether oxygens (including phenoxy) is 2. The van der Waals surface area contributed by atoms with Crippen molar-refractivity contribution in [3.63, 3.8) is 0 Å². The molecule has 1 aromatic carbocycles. The molecule has 1 aromatic rings. The zero-order valence-corrected chi connectivity index (χ0v) is 13.9. The summed E-state index contributed by atoms with van der Waals surface area (Å²) in [6, 6.07) is 0.716. The van der Waals surface area contributed by atoms with Crippen LogP contribution in [0.25, 0.3) is 0 Å². The van der Waals surface area contributed by atoms with Crippen LogP contribution in [-0.2, 0) is 19.4 Å². The van der Waals surface area contributed by atoms with Gasteiger partial charge in [-0.1, -0.05) is 0 Å². The summed E-state index contributed by atoms with van der Waals surface area (Å²) in [5, 5.41) is 10.9. The van der Waals surface area contributed by atoms with Crippen molar-refractivity contribution in [3.8, 4) is 5.75 Å². The molecule has 8 nitrogen and oxygen atoms in total. The van der Waals surface area contributed by atoms with Crippen molar-refractivity contribution < 1.29 is 58.3 Å². The second-order valence-electron chi connectivity index (χ2n) is 4.85. The molecule has 0 aliphatic rings. The largest absolute Gasteiger partial charge is 0.501 e. The summed E-state index contributed by atoms with van der Waals surface area (Å²) in [6.45, 7) is -3.33. The van der Waals surface area contributed by atoms with Gasteiger partial charge in [0.15, 0.2) is 19.0 Å². The third-order valence-corrected chi connectivity index (χ3v) is 4.32. The van der Waals surface area contributed by atoms with E-state index in [9.17, 15) is 54.1 Å². The standard InChI is InChI=1S/C12H8F7NO7S/c13-10(14)11(15,16)5-27-9(21)4-26-8-2-1-6(3-7(8)20(22)23)28(24,25)12(17,18)19/h1-3,10H,4-5H2. The normalized spacial score (nSPS) is 12.7. The third kappa shape index (κ3) is 5.43. The Hall–Kier alpha value is -2.65. The van der Waals surface area contributed by atoms with E-state index in [1.165, 1.54) is 0 Å². The van der Waals surface area contributed by atoms with Crippen LogP contribution in [0.5, 0.6) is 5.75 Å². The van der Waals surface area contributed by atoms with E-state index in [1.54, 1.807) is 0 Å². The molecule has 158 valence electrons. The molecule has 0 saturated heterocycles. The van der Waals surface area contributed by atoms with Gasteiger partial charge in [0.25, 0.3) is 9.84 Å². The van der Waals surface area contributed by atoms with Gasteiger partial charge in [0, 0.05) is 6.07 Å². The van der Waals surface area contributed by atoms with Gasteiger partial charge in [0.2, 0.25) is 0 Å². The Kier molecular flexibility index (Phi) is 6.81. The highest BCUT2D eigenvalue weighted by Gasteiger charge is 2.47. The van der Waals surface area contributed by atoms with E-state index in [0.717, 1.165) is 0 Å². The van der Waals surface area contributed by atoms with E-state index >= 15 is 0 Å². The molecular weight excluding hydrogens is 435 g/mol. The monoisotopic (exact) mass is 443 g/mol. The quantitative estimate of drug-likeness (QED) is 0.263. The molecular formula is C12H8F7NO7S. The number of esters is 1. The second kappa shape index (κ2) is 8.15. The van der Waals surface area contributed by atoms with Gasteiger partial charge in [-0.25, -0.2) is 22.0 Å². The Morgan fingerprint density at radius 2 is 1.75 bits per heavy atom. The number of rotatable bonds is 8. The van der Waals surface area contributed by atoms with E-state index in [4.69, 9.17) is 0 Å². The summed E-state index contributed by atoms with van der Waals surface area (Å²) >= 11 is 0. The number of hydrogen-bond acceptors (Lipinski definition) is 7.